The third kappa shape index (κ3) is 2.94. The van der Waals surface area contributed by atoms with Crippen LogP contribution in [0.15, 0.2) is 18.2 Å². The van der Waals surface area contributed by atoms with Gasteiger partial charge in [0.25, 0.3) is 0 Å². The molecule has 0 unspecified atom stereocenters. The van der Waals surface area contributed by atoms with E-state index >= 15 is 0 Å². The summed E-state index contributed by atoms with van der Waals surface area (Å²) < 4.78 is 5.74. The lowest BCUT2D eigenvalue weighted by atomic mass is 10.1. The van der Waals surface area contributed by atoms with Crippen molar-refractivity contribution in [2.45, 2.75) is 20.5 Å². The van der Waals surface area contributed by atoms with Crippen LogP contribution in [0.2, 0.25) is 0 Å². The van der Waals surface area contributed by atoms with E-state index < -0.39 is 0 Å². The van der Waals surface area contributed by atoms with Crippen LogP contribution in [0, 0.1) is 13.8 Å². The monoisotopic (exact) mass is 249 g/mol. The lowest BCUT2D eigenvalue weighted by molar-refractivity contribution is 0.302. The van der Waals surface area contributed by atoms with Gasteiger partial charge in [0.15, 0.2) is 5.01 Å². The van der Waals surface area contributed by atoms with Crippen molar-refractivity contribution >= 4 is 16.5 Å². The zero-order valence-corrected chi connectivity index (χ0v) is 11.0. The predicted octanol–water partition coefficient (Wildman–Crippen LogP) is 2.78. The van der Waals surface area contributed by atoms with Crippen LogP contribution < -0.4 is 10.1 Å². The molecular weight excluding hydrogens is 234 g/mol. The summed E-state index contributed by atoms with van der Waals surface area (Å²) in [5.74, 6) is 0.909. The molecule has 1 heterocycles. The topological polar surface area (TPSA) is 47.0 Å². The highest BCUT2D eigenvalue weighted by Gasteiger charge is 2.05. The van der Waals surface area contributed by atoms with Crippen LogP contribution in [0.25, 0.3) is 0 Å². The molecule has 17 heavy (non-hydrogen) atoms. The van der Waals surface area contributed by atoms with Crippen molar-refractivity contribution < 1.29 is 4.74 Å². The summed E-state index contributed by atoms with van der Waals surface area (Å²) in [6, 6.07) is 6.17. The lowest BCUT2D eigenvalue weighted by Gasteiger charge is -2.07. The molecule has 4 nitrogen and oxygen atoms in total. The number of aryl methyl sites for hydroxylation is 2. The molecule has 0 aliphatic rings. The molecule has 0 aliphatic heterocycles. The smallest absolute Gasteiger partial charge is 0.205 e. The number of ether oxygens (including phenoxy) is 1. The Morgan fingerprint density at radius 3 is 2.82 bits per heavy atom. The summed E-state index contributed by atoms with van der Waals surface area (Å²) in [6.07, 6.45) is 0. The molecule has 0 aliphatic carbocycles. The second-order valence-corrected chi connectivity index (χ2v) is 4.87. The van der Waals surface area contributed by atoms with E-state index in [2.05, 4.69) is 34.6 Å². The standard InChI is InChI=1S/C12H15N3OS/c1-8-4-5-9(2)10(6-8)16-7-11-14-15-12(13-3)17-11/h4-6H,7H2,1-3H3,(H,13,15). The zero-order valence-electron chi connectivity index (χ0n) is 10.2. The summed E-state index contributed by atoms with van der Waals surface area (Å²) in [4.78, 5) is 0. The second kappa shape index (κ2) is 5.14. The van der Waals surface area contributed by atoms with E-state index in [4.69, 9.17) is 4.74 Å². The Morgan fingerprint density at radius 2 is 2.12 bits per heavy atom. The average molecular weight is 249 g/mol. The molecule has 0 radical (unpaired) electrons. The van der Waals surface area contributed by atoms with Gasteiger partial charge in [0.1, 0.15) is 12.4 Å². The summed E-state index contributed by atoms with van der Waals surface area (Å²) in [6.45, 7) is 4.55. The van der Waals surface area contributed by atoms with Gasteiger partial charge in [0.05, 0.1) is 0 Å². The number of anilines is 1. The zero-order chi connectivity index (χ0) is 12.3. The van der Waals surface area contributed by atoms with Gasteiger partial charge in [0.2, 0.25) is 5.13 Å². The first-order valence-electron chi connectivity index (χ1n) is 5.39. The highest BCUT2D eigenvalue weighted by atomic mass is 32.1. The van der Waals surface area contributed by atoms with Gasteiger partial charge < -0.3 is 10.1 Å². The Balaban J connectivity index is 2.04. The molecule has 2 rings (SSSR count). The fraction of sp³-hybridized carbons (Fsp3) is 0.333. The highest BCUT2D eigenvalue weighted by Crippen LogP contribution is 2.22. The van der Waals surface area contributed by atoms with Crippen molar-refractivity contribution in [2.75, 3.05) is 12.4 Å². The van der Waals surface area contributed by atoms with Crippen LogP contribution in [0.3, 0.4) is 0 Å². The quantitative estimate of drug-likeness (QED) is 0.905. The molecule has 0 fully saturated rings. The summed E-state index contributed by atoms with van der Waals surface area (Å²) in [5, 5.41) is 12.6. The van der Waals surface area contributed by atoms with E-state index in [1.54, 1.807) is 0 Å². The Morgan fingerprint density at radius 1 is 1.29 bits per heavy atom. The molecule has 0 amide bonds. The maximum absolute atomic E-state index is 5.74. The van der Waals surface area contributed by atoms with Gasteiger partial charge in [-0.3, -0.25) is 0 Å². The Bertz CT molecular complexity index is 510. The van der Waals surface area contributed by atoms with Crippen LogP contribution in [0.5, 0.6) is 5.75 Å². The summed E-state index contributed by atoms with van der Waals surface area (Å²) in [7, 11) is 1.83. The van der Waals surface area contributed by atoms with Crippen molar-refractivity contribution in [1.82, 2.24) is 10.2 Å². The Kier molecular flexibility index (Phi) is 3.58. The van der Waals surface area contributed by atoms with Gasteiger partial charge in [-0.25, -0.2) is 0 Å². The van der Waals surface area contributed by atoms with Crippen molar-refractivity contribution in [1.29, 1.82) is 0 Å². The number of benzene rings is 1. The highest BCUT2D eigenvalue weighted by molar-refractivity contribution is 7.15. The molecule has 1 aromatic carbocycles. The molecule has 5 heteroatoms. The van der Waals surface area contributed by atoms with Crippen LogP contribution in [0.1, 0.15) is 16.1 Å². The molecule has 1 N–H and O–H groups in total. The third-order valence-corrected chi connectivity index (χ3v) is 3.29. The van der Waals surface area contributed by atoms with Gasteiger partial charge >= 0.3 is 0 Å². The van der Waals surface area contributed by atoms with E-state index in [-0.39, 0.29) is 0 Å². The predicted molar refractivity (Wildman–Crippen MR) is 69.7 cm³/mol. The first-order valence-corrected chi connectivity index (χ1v) is 6.21. The fourth-order valence-corrected chi connectivity index (χ4v) is 2.02. The Hall–Kier alpha value is -1.62. The molecule has 0 bridgehead atoms. The molecular formula is C12H15N3OS. The van der Waals surface area contributed by atoms with Gasteiger partial charge in [0, 0.05) is 7.05 Å². The number of rotatable bonds is 4. The first-order chi connectivity index (χ1) is 8.19. The normalized spacial score (nSPS) is 10.3. The van der Waals surface area contributed by atoms with E-state index in [0.29, 0.717) is 6.61 Å². The minimum absolute atomic E-state index is 0.462. The van der Waals surface area contributed by atoms with E-state index in [0.717, 1.165) is 21.5 Å². The fourth-order valence-electron chi connectivity index (χ4n) is 1.42. The van der Waals surface area contributed by atoms with Crippen molar-refractivity contribution in [3.8, 4) is 5.75 Å². The second-order valence-electron chi connectivity index (χ2n) is 3.81. The molecule has 1 aromatic heterocycles. The summed E-state index contributed by atoms with van der Waals surface area (Å²) >= 11 is 1.50. The molecule has 90 valence electrons. The van der Waals surface area contributed by atoms with Crippen LogP contribution in [0.4, 0.5) is 5.13 Å². The maximum Gasteiger partial charge on any atom is 0.205 e. The lowest BCUT2D eigenvalue weighted by Crippen LogP contribution is -1.96. The molecule has 2 aromatic rings. The molecule has 0 saturated carbocycles. The average Bonchev–Trinajstić information content (AvgIpc) is 2.78. The van der Waals surface area contributed by atoms with Crippen molar-refractivity contribution in [3.63, 3.8) is 0 Å². The number of nitrogens with zero attached hydrogens (tertiary/aromatic N) is 2. The van der Waals surface area contributed by atoms with E-state index in [1.165, 1.54) is 16.9 Å². The van der Waals surface area contributed by atoms with Crippen LogP contribution in [-0.4, -0.2) is 17.2 Å². The number of nitrogens with one attached hydrogen (secondary N) is 1. The third-order valence-electron chi connectivity index (χ3n) is 2.38. The summed E-state index contributed by atoms with van der Waals surface area (Å²) in [5.41, 5.74) is 2.33. The van der Waals surface area contributed by atoms with Gasteiger partial charge in [-0.2, -0.15) is 0 Å². The number of hydrogen-bond donors (Lipinski definition) is 1. The molecule has 0 atom stereocenters. The SMILES string of the molecule is CNc1nnc(COc2cc(C)ccc2C)s1. The van der Waals surface area contributed by atoms with Crippen molar-refractivity contribution in [2.24, 2.45) is 0 Å². The number of aromatic nitrogens is 2. The van der Waals surface area contributed by atoms with Crippen LogP contribution in [-0.2, 0) is 6.61 Å². The molecule has 0 spiro atoms. The van der Waals surface area contributed by atoms with Crippen LogP contribution >= 0.6 is 11.3 Å². The minimum atomic E-state index is 0.462. The van der Waals surface area contributed by atoms with Gasteiger partial charge in [-0.05, 0) is 31.0 Å². The Labute approximate surface area is 105 Å². The largest absolute Gasteiger partial charge is 0.486 e. The maximum atomic E-state index is 5.74. The van der Waals surface area contributed by atoms with E-state index in [1.807, 2.05) is 20.0 Å². The van der Waals surface area contributed by atoms with Gasteiger partial charge in [-0.15, -0.1) is 10.2 Å². The van der Waals surface area contributed by atoms with Crippen molar-refractivity contribution in [3.05, 3.63) is 34.3 Å². The minimum Gasteiger partial charge on any atom is -0.486 e. The van der Waals surface area contributed by atoms with E-state index in [9.17, 15) is 0 Å². The number of hydrogen-bond acceptors (Lipinski definition) is 5. The molecule has 0 saturated heterocycles. The van der Waals surface area contributed by atoms with Gasteiger partial charge in [-0.1, -0.05) is 23.5 Å². The first kappa shape index (κ1) is 11.9.